The summed E-state index contributed by atoms with van der Waals surface area (Å²) in [5.41, 5.74) is 1.65. The normalized spacial score (nSPS) is 10.9. The van der Waals surface area contributed by atoms with Gasteiger partial charge in [0.05, 0.1) is 10.3 Å². The first kappa shape index (κ1) is 14.8. The third-order valence-corrected chi connectivity index (χ3v) is 3.77. The minimum atomic E-state index is -0.476. The minimum absolute atomic E-state index is 0.0222. The van der Waals surface area contributed by atoms with Crippen LogP contribution in [0.15, 0.2) is 63.8 Å². The highest BCUT2D eigenvalue weighted by atomic mass is 16.6. The number of H-pyrrole nitrogens is 1. The second-order valence-corrected chi connectivity index (χ2v) is 5.30. The SMILES string of the molecule is O=c1cc(-c2n[nH]nc2-c2ccc([N+](=O)[O-])cc2)oc2ccccc12. The summed E-state index contributed by atoms with van der Waals surface area (Å²) in [5, 5.41) is 21.9. The highest BCUT2D eigenvalue weighted by molar-refractivity contribution is 5.81. The Kier molecular flexibility index (Phi) is 3.35. The molecule has 1 N–H and O–H groups in total. The Bertz CT molecular complexity index is 1150. The fourth-order valence-corrected chi connectivity index (χ4v) is 2.57. The number of nitro benzene ring substituents is 1. The van der Waals surface area contributed by atoms with Gasteiger partial charge in [0.15, 0.2) is 16.9 Å². The second-order valence-electron chi connectivity index (χ2n) is 5.30. The monoisotopic (exact) mass is 334 g/mol. The summed E-state index contributed by atoms with van der Waals surface area (Å²) < 4.78 is 5.78. The van der Waals surface area contributed by atoms with Crippen molar-refractivity contribution in [3.63, 3.8) is 0 Å². The van der Waals surface area contributed by atoms with E-state index in [9.17, 15) is 14.9 Å². The van der Waals surface area contributed by atoms with E-state index in [4.69, 9.17) is 4.42 Å². The molecule has 0 bridgehead atoms. The lowest BCUT2D eigenvalue weighted by Gasteiger charge is -2.02. The number of nitrogens with zero attached hydrogens (tertiary/aromatic N) is 3. The molecule has 0 fully saturated rings. The Labute approximate surface area is 139 Å². The topological polar surface area (TPSA) is 115 Å². The quantitative estimate of drug-likeness (QED) is 0.454. The van der Waals surface area contributed by atoms with Gasteiger partial charge in [0.25, 0.3) is 5.69 Å². The van der Waals surface area contributed by atoms with Gasteiger partial charge in [-0.1, -0.05) is 12.1 Å². The van der Waals surface area contributed by atoms with E-state index in [-0.39, 0.29) is 16.9 Å². The first-order valence-electron chi connectivity index (χ1n) is 7.32. The molecule has 8 nitrogen and oxygen atoms in total. The van der Waals surface area contributed by atoms with Gasteiger partial charge in [-0.25, -0.2) is 0 Å². The van der Waals surface area contributed by atoms with Crippen molar-refractivity contribution in [1.82, 2.24) is 15.4 Å². The standard InChI is InChI=1S/C17H10N4O4/c22-13-9-15(25-14-4-2-1-3-12(13)14)17-16(18-20-19-17)10-5-7-11(8-6-10)21(23)24/h1-9H,(H,18,19,20). The maximum atomic E-state index is 12.3. The molecule has 2 aromatic carbocycles. The molecule has 0 aliphatic heterocycles. The number of hydrogen-bond acceptors (Lipinski definition) is 6. The van der Waals surface area contributed by atoms with Crippen molar-refractivity contribution < 1.29 is 9.34 Å². The van der Waals surface area contributed by atoms with Crippen molar-refractivity contribution in [3.8, 4) is 22.7 Å². The van der Waals surface area contributed by atoms with Crippen LogP contribution in [0.3, 0.4) is 0 Å². The second kappa shape index (κ2) is 5.68. The molecular formula is C17H10N4O4. The Morgan fingerprint density at radius 2 is 1.72 bits per heavy atom. The van der Waals surface area contributed by atoms with Crippen LogP contribution in [0.2, 0.25) is 0 Å². The Balaban J connectivity index is 1.85. The zero-order valence-corrected chi connectivity index (χ0v) is 12.7. The van der Waals surface area contributed by atoms with Crippen molar-refractivity contribution in [1.29, 1.82) is 0 Å². The van der Waals surface area contributed by atoms with Crippen molar-refractivity contribution >= 4 is 16.7 Å². The maximum Gasteiger partial charge on any atom is 0.269 e. The number of nitro groups is 1. The molecule has 2 heterocycles. The molecular weight excluding hydrogens is 324 g/mol. The average Bonchev–Trinajstić information content (AvgIpc) is 3.11. The molecule has 4 rings (SSSR count). The van der Waals surface area contributed by atoms with E-state index in [1.165, 1.54) is 18.2 Å². The van der Waals surface area contributed by atoms with Gasteiger partial charge >= 0.3 is 0 Å². The smallest absolute Gasteiger partial charge is 0.269 e. The van der Waals surface area contributed by atoms with Crippen LogP contribution in [-0.2, 0) is 0 Å². The largest absolute Gasteiger partial charge is 0.454 e. The van der Waals surface area contributed by atoms with Gasteiger partial charge in [0, 0.05) is 23.8 Å². The number of aromatic amines is 1. The molecule has 0 radical (unpaired) electrons. The Hall–Kier alpha value is -3.81. The van der Waals surface area contributed by atoms with Crippen molar-refractivity contribution in [3.05, 3.63) is 74.9 Å². The number of non-ortho nitro benzene ring substituents is 1. The zero-order valence-electron chi connectivity index (χ0n) is 12.7. The maximum absolute atomic E-state index is 12.3. The highest BCUT2D eigenvalue weighted by Crippen LogP contribution is 2.30. The summed E-state index contributed by atoms with van der Waals surface area (Å²) in [7, 11) is 0. The van der Waals surface area contributed by atoms with Crippen LogP contribution in [0.5, 0.6) is 0 Å². The predicted octanol–water partition coefficient (Wildman–Crippen LogP) is 3.15. The number of hydrogen-bond donors (Lipinski definition) is 1. The van der Waals surface area contributed by atoms with Gasteiger partial charge in [-0.2, -0.15) is 15.4 Å². The van der Waals surface area contributed by atoms with Crippen molar-refractivity contribution in [2.45, 2.75) is 0 Å². The molecule has 0 saturated heterocycles. The molecule has 0 aliphatic carbocycles. The lowest BCUT2D eigenvalue weighted by molar-refractivity contribution is -0.384. The van der Waals surface area contributed by atoms with Crippen molar-refractivity contribution in [2.75, 3.05) is 0 Å². The third kappa shape index (κ3) is 2.55. The molecule has 8 heteroatoms. The fraction of sp³-hybridized carbons (Fsp3) is 0. The van der Waals surface area contributed by atoms with Crippen LogP contribution in [0, 0.1) is 10.1 Å². The van der Waals surface area contributed by atoms with Crippen LogP contribution in [0.25, 0.3) is 33.7 Å². The van der Waals surface area contributed by atoms with Gasteiger partial charge in [-0.05, 0) is 24.3 Å². The van der Waals surface area contributed by atoms with Crippen LogP contribution in [-0.4, -0.2) is 20.3 Å². The van der Waals surface area contributed by atoms with E-state index in [0.717, 1.165) is 0 Å². The van der Waals surface area contributed by atoms with Gasteiger partial charge in [0.1, 0.15) is 11.3 Å². The first-order chi connectivity index (χ1) is 12.1. The Morgan fingerprint density at radius 1 is 1.00 bits per heavy atom. The number of benzene rings is 2. The summed E-state index contributed by atoms with van der Waals surface area (Å²) in [4.78, 5) is 22.6. The average molecular weight is 334 g/mol. The van der Waals surface area contributed by atoms with Crippen LogP contribution in [0.4, 0.5) is 5.69 Å². The molecule has 0 unspecified atom stereocenters. The third-order valence-electron chi connectivity index (χ3n) is 3.77. The van der Waals surface area contributed by atoms with E-state index in [0.29, 0.717) is 27.9 Å². The molecule has 0 amide bonds. The van der Waals surface area contributed by atoms with Crippen LogP contribution >= 0.6 is 0 Å². The number of para-hydroxylation sites is 1. The minimum Gasteiger partial charge on any atom is -0.454 e. The molecule has 2 aromatic heterocycles. The Morgan fingerprint density at radius 3 is 2.48 bits per heavy atom. The molecule has 0 aliphatic rings. The fourth-order valence-electron chi connectivity index (χ4n) is 2.57. The zero-order chi connectivity index (χ0) is 17.4. The molecule has 0 spiro atoms. The van der Waals surface area contributed by atoms with E-state index < -0.39 is 4.92 Å². The van der Waals surface area contributed by atoms with Crippen LogP contribution in [0.1, 0.15) is 0 Å². The number of rotatable bonds is 3. The molecule has 0 saturated carbocycles. The van der Waals surface area contributed by atoms with Gasteiger partial charge in [0.2, 0.25) is 0 Å². The van der Waals surface area contributed by atoms with E-state index in [2.05, 4.69) is 15.4 Å². The van der Waals surface area contributed by atoms with Gasteiger partial charge in [-0.15, -0.1) is 0 Å². The summed E-state index contributed by atoms with van der Waals surface area (Å²) >= 11 is 0. The molecule has 4 aromatic rings. The number of nitrogens with one attached hydrogen (secondary N) is 1. The first-order valence-corrected chi connectivity index (χ1v) is 7.32. The summed E-state index contributed by atoms with van der Waals surface area (Å²) in [6, 6.07) is 14.2. The predicted molar refractivity (Wildman–Crippen MR) is 90.0 cm³/mol. The number of fused-ring (bicyclic) bond motifs is 1. The van der Waals surface area contributed by atoms with Crippen molar-refractivity contribution in [2.24, 2.45) is 0 Å². The highest BCUT2D eigenvalue weighted by Gasteiger charge is 2.17. The van der Waals surface area contributed by atoms with Gasteiger partial charge < -0.3 is 4.42 Å². The summed E-state index contributed by atoms with van der Waals surface area (Å²) in [6.07, 6.45) is 0. The molecule has 25 heavy (non-hydrogen) atoms. The van der Waals surface area contributed by atoms with E-state index in [1.54, 1.807) is 36.4 Å². The lowest BCUT2D eigenvalue weighted by atomic mass is 10.1. The molecule has 0 atom stereocenters. The van der Waals surface area contributed by atoms with Crippen LogP contribution < -0.4 is 5.43 Å². The summed E-state index contributed by atoms with van der Waals surface area (Å²) in [5.74, 6) is 0.269. The van der Waals surface area contributed by atoms with E-state index >= 15 is 0 Å². The van der Waals surface area contributed by atoms with E-state index in [1.807, 2.05) is 0 Å². The lowest BCUT2D eigenvalue weighted by Crippen LogP contribution is -2.00. The molecule has 122 valence electrons. The number of aromatic nitrogens is 3. The van der Waals surface area contributed by atoms with Gasteiger partial charge in [-0.3, -0.25) is 14.9 Å². The summed E-state index contributed by atoms with van der Waals surface area (Å²) in [6.45, 7) is 0.